The summed E-state index contributed by atoms with van der Waals surface area (Å²) in [6.07, 6.45) is 1.38. The Morgan fingerprint density at radius 2 is 1.58 bits per heavy atom. The van der Waals surface area contributed by atoms with Crippen molar-refractivity contribution in [2.75, 3.05) is 18.8 Å². The minimum Gasteiger partial charge on any atom is -0.299 e. The number of carbonyl (C=O) groups excluding carboxylic acids is 2. The summed E-state index contributed by atoms with van der Waals surface area (Å²) >= 11 is 6.04. The highest BCUT2D eigenvalue weighted by atomic mass is 35.5. The molecule has 6 nitrogen and oxygen atoms in total. The van der Waals surface area contributed by atoms with Crippen LogP contribution in [0.25, 0.3) is 10.8 Å². The van der Waals surface area contributed by atoms with Crippen molar-refractivity contribution in [1.82, 2.24) is 4.90 Å². The maximum Gasteiger partial charge on any atom is 0.266 e. The first-order chi connectivity index (χ1) is 17.1. The first-order valence-corrected chi connectivity index (χ1v) is 13.8. The largest absolute Gasteiger partial charge is 0.299 e. The summed E-state index contributed by atoms with van der Waals surface area (Å²) in [6.45, 7) is 0.953. The van der Waals surface area contributed by atoms with Gasteiger partial charge in [-0.05, 0) is 85.6 Å². The molecule has 190 valence electrons. The van der Waals surface area contributed by atoms with Gasteiger partial charge < -0.3 is 0 Å². The average Bonchev–Trinajstić information content (AvgIpc) is 2.85. The lowest BCUT2D eigenvalue weighted by atomic mass is 9.87. The Morgan fingerprint density at radius 1 is 0.972 bits per heavy atom. The number of ketones is 2. The van der Waals surface area contributed by atoms with Gasteiger partial charge >= 0.3 is 0 Å². The fraction of sp³-hybridized carbons (Fsp3) is 0.333. The predicted octanol–water partition coefficient (Wildman–Crippen LogP) is 5.45. The number of Topliss-reactive ketones (excluding diaryl/α,β-unsaturated/α-hetero) is 2. The highest BCUT2D eigenvalue weighted by Crippen LogP contribution is 2.27. The van der Waals surface area contributed by atoms with Gasteiger partial charge in [-0.15, -0.1) is 0 Å². The number of rotatable bonds is 9. The number of benzene rings is 3. The van der Waals surface area contributed by atoms with E-state index < -0.39 is 27.7 Å². The number of likely N-dealkylation sites (tertiary alicyclic amines) is 1. The Bertz CT molecular complexity index is 1370. The molecule has 1 N–H and O–H groups in total. The van der Waals surface area contributed by atoms with Crippen LogP contribution in [0.2, 0.25) is 5.02 Å². The molecule has 3 aromatic carbocycles. The van der Waals surface area contributed by atoms with E-state index in [0.717, 1.165) is 10.8 Å². The van der Waals surface area contributed by atoms with Crippen LogP contribution < -0.4 is 0 Å². The van der Waals surface area contributed by atoms with Gasteiger partial charge in [-0.3, -0.25) is 19.0 Å². The first kappa shape index (κ1) is 26.4. The van der Waals surface area contributed by atoms with E-state index in [1.165, 1.54) is 24.3 Å². The number of carbonyl (C=O) groups is 2. The minimum absolute atomic E-state index is 0.0457. The van der Waals surface area contributed by atoms with Gasteiger partial charge in [-0.1, -0.05) is 29.8 Å². The van der Waals surface area contributed by atoms with Crippen LogP contribution >= 0.6 is 11.6 Å². The van der Waals surface area contributed by atoms with Gasteiger partial charge in [0.25, 0.3) is 10.1 Å². The van der Waals surface area contributed by atoms with Crippen LogP contribution in [-0.2, 0) is 10.1 Å². The summed E-state index contributed by atoms with van der Waals surface area (Å²) in [4.78, 5) is 27.6. The fourth-order valence-corrected chi connectivity index (χ4v) is 5.87. The molecule has 0 amide bonds. The molecule has 1 heterocycles. The van der Waals surface area contributed by atoms with Gasteiger partial charge in [0.05, 0.1) is 5.75 Å². The Hall–Kier alpha value is -2.65. The summed E-state index contributed by atoms with van der Waals surface area (Å²) in [5.41, 5.74) is 0.978. The Balaban J connectivity index is 1.39. The van der Waals surface area contributed by atoms with E-state index in [9.17, 15) is 27.0 Å². The molecule has 3 aromatic rings. The predicted molar refractivity (Wildman–Crippen MR) is 138 cm³/mol. The molecule has 0 aliphatic carbocycles. The van der Waals surface area contributed by atoms with Crippen LogP contribution in [-0.4, -0.2) is 54.3 Å². The van der Waals surface area contributed by atoms with E-state index in [2.05, 4.69) is 0 Å². The standard InChI is InChI=1S/C27H27ClFNO5S/c28-23-6-3-20-15-22(2-1-21(20)16-23)27(32)19-11-13-30(14-12-19)25(17-36(33,34)35)9-10-26(31)18-4-7-24(29)8-5-18/h1-8,15-16,19,25H,9-14,17H2,(H,33,34,35). The van der Waals surface area contributed by atoms with E-state index in [-0.39, 0.29) is 30.3 Å². The Morgan fingerprint density at radius 3 is 2.25 bits per heavy atom. The van der Waals surface area contributed by atoms with Crippen LogP contribution in [0.15, 0.2) is 60.7 Å². The second kappa shape index (κ2) is 11.2. The summed E-state index contributed by atoms with van der Waals surface area (Å²) in [5, 5.41) is 2.52. The lowest BCUT2D eigenvalue weighted by Gasteiger charge is -2.36. The number of hydrogen-bond donors (Lipinski definition) is 1. The molecule has 1 atom stereocenters. The molecule has 4 rings (SSSR count). The fourth-order valence-electron chi connectivity index (χ4n) is 4.82. The molecule has 0 radical (unpaired) electrons. The summed E-state index contributed by atoms with van der Waals surface area (Å²) < 4.78 is 45.9. The van der Waals surface area contributed by atoms with Crippen molar-refractivity contribution in [1.29, 1.82) is 0 Å². The molecule has 0 bridgehead atoms. The summed E-state index contributed by atoms with van der Waals surface area (Å²) in [6, 6.07) is 15.7. The third-order valence-electron chi connectivity index (χ3n) is 6.78. The van der Waals surface area contributed by atoms with Crippen LogP contribution in [0.3, 0.4) is 0 Å². The smallest absolute Gasteiger partial charge is 0.266 e. The van der Waals surface area contributed by atoms with E-state index in [4.69, 9.17) is 11.6 Å². The number of fused-ring (bicyclic) bond motifs is 1. The van der Waals surface area contributed by atoms with Crippen LogP contribution in [0.1, 0.15) is 46.4 Å². The van der Waals surface area contributed by atoms with Crippen LogP contribution in [0.4, 0.5) is 4.39 Å². The lowest BCUT2D eigenvalue weighted by Crippen LogP contribution is -2.46. The summed E-state index contributed by atoms with van der Waals surface area (Å²) in [7, 11) is -4.27. The van der Waals surface area contributed by atoms with Crippen molar-refractivity contribution in [3.8, 4) is 0 Å². The third kappa shape index (κ3) is 6.76. The van der Waals surface area contributed by atoms with E-state index in [1.54, 1.807) is 12.1 Å². The molecule has 1 unspecified atom stereocenters. The molecular weight excluding hydrogens is 505 g/mol. The van der Waals surface area contributed by atoms with Gasteiger partial charge in [-0.2, -0.15) is 8.42 Å². The van der Waals surface area contributed by atoms with Crippen molar-refractivity contribution >= 4 is 44.1 Å². The van der Waals surface area contributed by atoms with Crippen LogP contribution in [0.5, 0.6) is 0 Å². The maximum atomic E-state index is 13.2. The zero-order chi connectivity index (χ0) is 25.9. The van der Waals surface area contributed by atoms with Gasteiger partial charge in [-0.25, -0.2) is 4.39 Å². The number of halogens is 2. The van der Waals surface area contributed by atoms with Gasteiger partial charge in [0.1, 0.15) is 5.82 Å². The van der Waals surface area contributed by atoms with Crippen molar-refractivity contribution in [2.45, 2.75) is 31.7 Å². The minimum atomic E-state index is -4.27. The molecule has 0 aromatic heterocycles. The van der Waals surface area contributed by atoms with E-state index in [0.29, 0.717) is 42.1 Å². The highest BCUT2D eigenvalue weighted by molar-refractivity contribution is 7.85. The molecule has 0 spiro atoms. The zero-order valence-electron chi connectivity index (χ0n) is 19.6. The number of nitrogens with zero attached hydrogens (tertiary/aromatic N) is 1. The molecule has 0 saturated carbocycles. The Labute approximate surface area is 214 Å². The number of hydrogen-bond acceptors (Lipinski definition) is 5. The lowest BCUT2D eigenvalue weighted by molar-refractivity contribution is 0.0789. The molecular formula is C27H27ClFNO5S. The van der Waals surface area contributed by atoms with E-state index in [1.807, 2.05) is 29.2 Å². The second-order valence-electron chi connectivity index (χ2n) is 9.25. The monoisotopic (exact) mass is 531 g/mol. The van der Waals surface area contributed by atoms with Crippen molar-refractivity contribution in [3.63, 3.8) is 0 Å². The molecule has 36 heavy (non-hydrogen) atoms. The summed E-state index contributed by atoms with van der Waals surface area (Å²) in [5.74, 6) is -1.31. The second-order valence-corrected chi connectivity index (χ2v) is 11.2. The van der Waals surface area contributed by atoms with Crippen molar-refractivity contribution < 1.29 is 27.0 Å². The third-order valence-corrected chi connectivity index (χ3v) is 7.82. The van der Waals surface area contributed by atoms with Gasteiger partial charge in [0, 0.05) is 34.5 Å². The first-order valence-electron chi connectivity index (χ1n) is 11.8. The van der Waals surface area contributed by atoms with E-state index >= 15 is 0 Å². The normalized spacial score (nSPS) is 16.2. The highest BCUT2D eigenvalue weighted by Gasteiger charge is 2.31. The molecule has 1 aliphatic rings. The van der Waals surface area contributed by atoms with Crippen LogP contribution in [0, 0.1) is 11.7 Å². The molecule has 1 aliphatic heterocycles. The maximum absolute atomic E-state index is 13.2. The van der Waals surface area contributed by atoms with Crippen molar-refractivity contribution in [2.24, 2.45) is 5.92 Å². The SMILES string of the molecule is O=C(CCC(CS(=O)(=O)O)N1CCC(C(=O)c2ccc3cc(Cl)ccc3c2)CC1)c1ccc(F)cc1. The average molecular weight is 532 g/mol. The molecule has 1 fully saturated rings. The Kier molecular flexibility index (Phi) is 8.20. The quantitative estimate of drug-likeness (QED) is 0.292. The zero-order valence-corrected chi connectivity index (χ0v) is 21.1. The van der Waals surface area contributed by atoms with Crippen molar-refractivity contribution in [3.05, 3.63) is 82.6 Å². The van der Waals surface area contributed by atoms with Gasteiger partial charge in [0.2, 0.25) is 0 Å². The molecule has 9 heteroatoms. The topological polar surface area (TPSA) is 91.8 Å². The molecule has 1 saturated heterocycles. The van der Waals surface area contributed by atoms with Gasteiger partial charge in [0.15, 0.2) is 11.6 Å². The number of piperidine rings is 1.